The van der Waals surface area contributed by atoms with E-state index in [1.54, 1.807) is 13.3 Å². The van der Waals surface area contributed by atoms with Gasteiger partial charge in [-0.05, 0) is 62.3 Å². The third-order valence-electron chi connectivity index (χ3n) is 6.76. The van der Waals surface area contributed by atoms with Gasteiger partial charge in [-0.2, -0.15) is 0 Å². The van der Waals surface area contributed by atoms with E-state index in [4.69, 9.17) is 9.72 Å². The van der Waals surface area contributed by atoms with Crippen molar-refractivity contribution in [3.63, 3.8) is 0 Å². The lowest BCUT2D eigenvalue weighted by Gasteiger charge is -2.15. The zero-order valence-corrected chi connectivity index (χ0v) is 24.2. The number of hydrogen-bond donors (Lipinski definition) is 3. The van der Waals surface area contributed by atoms with Crippen LogP contribution in [0.4, 0.5) is 23.0 Å². The number of aromatic nitrogens is 3. The number of rotatable bonds is 12. The fourth-order valence-electron chi connectivity index (χ4n) is 4.54. The Hall–Kier alpha value is -4.37. The lowest BCUT2D eigenvalue weighted by atomic mass is 10.0. The molecule has 210 valence electrons. The molecule has 1 amide bonds. The summed E-state index contributed by atoms with van der Waals surface area (Å²) in [6, 6.07) is 15.7. The molecule has 0 radical (unpaired) electrons. The number of likely N-dealkylation sites (N-methyl/N-ethyl adjacent to an activating group) is 1. The largest absolute Gasteiger partial charge is 0.494 e. The maximum Gasteiger partial charge on any atom is 0.257 e. The van der Waals surface area contributed by atoms with Crippen LogP contribution in [-0.4, -0.2) is 59.6 Å². The second kappa shape index (κ2) is 13.1. The van der Waals surface area contributed by atoms with Crippen LogP contribution in [0, 0.1) is 0 Å². The van der Waals surface area contributed by atoms with Crippen molar-refractivity contribution in [3.8, 4) is 17.1 Å². The molecule has 4 aromatic rings. The van der Waals surface area contributed by atoms with Crippen molar-refractivity contribution in [1.82, 2.24) is 19.4 Å². The molecule has 3 N–H and O–H groups in total. The predicted molar refractivity (Wildman–Crippen MR) is 163 cm³/mol. The molecule has 0 aliphatic heterocycles. The molecule has 0 saturated carbocycles. The molecular formula is C31H39N7O2. The fourth-order valence-corrected chi connectivity index (χ4v) is 4.54. The summed E-state index contributed by atoms with van der Waals surface area (Å²) in [5.41, 5.74) is 6.96. The lowest BCUT2D eigenvalue weighted by Crippen LogP contribution is -2.20. The highest BCUT2D eigenvalue weighted by Gasteiger charge is 2.17. The Morgan fingerprint density at radius 2 is 1.80 bits per heavy atom. The average molecular weight is 542 g/mol. The fraction of sp³-hybridized carbons (Fsp3) is 0.323. The summed E-state index contributed by atoms with van der Waals surface area (Å²) in [4.78, 5) is 24.5. The first kappa shape index (κ1) is 28.6. The summed E-state index contributed by atoms with van der Waals surface area (Å²) < 4.78 is 7.52. The first-order chi connectivity index (χ1) is 19.3. The van der Waals surface area contributed by atoms with Crippen LogP contribution in [0.3, 0.4) is 0 Å². The molecule has 40 heavy (non-hydrogen) atoms. The van der Waals surface area contributed by atoms with Gasteiger partial charge < -0.3 is 30.2 Å². The van der Waals surface area contributed by atoms with E-state index in [1.165, 1.54) is 0 Å². The van der Waals surface area contributed by atoms with Crippen LogP contribution in [0.1, 0.15) is 35.3 Å². The Labute approximate surface area is 236 Å². The Bertz CT molecular complexity index is 1440. The smallest absolute Gasteiger partial charge is 0.257 e. The van der Waals surface area contributed by atoms with Gasteiger partial charge in [0, 0.05) is 50.0 Å². The molecule has 4 rings (SSSR count). The number of anilines is 4. The minimum Gasteiger partial charge on any atom is -0.494 e. The van der Waals surface area contributed by atoms with E-state index < -0.39 is 0 Å². The summed E-state index contributed by atoms with van der Waals surface area (Å²) in [6.07, 6.45) is 5.22. The first-order valence-electron chi connectivity index (χ1n) is 13.6. The Morgan fingerprint density at radius 1 is 1.05 bits per heavy atom. The minimum atomic E-state index is -0.145. The molecule has 2 heterocycles. The van der Waals surface area contributed by atoms with Crippen LogP contribution in [0.2, 0.25) is 0 Å². The summed E-state index contributed by atoms with van der Waals surface area (Å²) in [5, 5.41) is 9.82. The Morgan fingerprint density at radius 3 is 2.48 bits per heavy atom. The number of amides is 1. The molecule has 0 saturated heterocycles. The second-order valence-corrected chi connectivity index (χ2v) is 9.87. The summed E-state index contributed by atoms with van der Waals surface area (Å²) >= 11 is 0. The highest BCUT2D eigenvalue weighted by molar-refractivity contribution is 6.05. The first-order valence-corrected chi connectivity index (χ1v) is 13.6. The zero-order valence-electron chi connectivity index (χ0n) is 24.2. The highest BCUT2D eigenvalue weighted by atomic mass is 16.5. The van der Waals surface area contributed by atoms with Crippen molar-refractivity contribution in [3.05, 3.63) is 77.6 Å². The number of ether oxygens (including phenoxy) is 1. The Balaban J connectivity index is 1.52. The molecule has 0 fully saturated rings. The molecule has 0 aliphatic carbocycles. The van der Waals surface area contributed by atoms with Crippen molar-refractivity contribution >= 4 is 28.9 Å². The average Bonchev–Trinajstić information content (AvgIpc) is 3.35. The SMILES string of the molecule is CCc1cccc(CC)c1NC(=O)c1cc(-c2ccnc(Nc3ccc(NCCN(C)C)cc3OC)n2)n(C)c1. The predicted octanol–water partition coefficient (Wildman–Crippen LogP) is 5.58. The van der Waals surface area contributed by atoms with E-state index in [9.17, 15) is 4.79 Å². The van der Waals surface area contributed by atoms with Crippen LogP contribution in [-0.2, 0) is 19.9 Å². The summed E-state index contributed by atoms with van der Waals surface area (Å²) in [6.45, 7) is 5.95. The molecule has 2 aromatic heterocycles. The number of para-hydroxylation sites is 1. The monoisotopic (exact) mass is 541 g/mol. The standard InChI is InChI=1S/C31H39N7O2/c1-7-21-10-9-11-22(8-2)29(21)36-30(39)23-18-27(38(5)20-23)25-14-15-33-31(34-25)35-26-13-12-24(19-28(26)40-6)32-16-17-37(3)4/h9-15,18-20,32H,7-8,16-17H2,1-6H3,(H,36,39)(H,33,34,35). The van der Waals surface area contributed by atoms with E-state index in [0.717, 1.165) is 59.8 Å². The van der Waals surface area contributed by atoms with Gasteiger partial charge in [0.1, 0.15) is 5.75 Å². The van der Waals surface area contributed by atoms with E-state index in [0.29, 0.717) is 23.0 Å². The molecule has 0 bridgehead atoms. The topological polar surface area (TPSA) is 96.3 Å². The van der Waals surface area contributed by atoms with Crippen molar-refractivity contribution in [2.75, 3.05) is 50.2 Å². The molecule has 9 heteroatoms. The minimum absolute atomic E-state index is 0.145. The Kier molecular flexibility index (Phi) is 9.39. The van der Waals surface area contributed by atoms with Gasteiger partial charge in [-0.25, -0.2) is 9.97 Å². The van der Waals surface area contributed by atoms with Crippen LogP contribution < -0.4 is 20.7 Å². The molecule has 0 atom stereocenters. The van der Waals surface area contributed by atoms with Gasteiger partial charge in [-0.1, -0.05) is 32.0 Å². The number of carbonyl (C=O) groups is 1. The maximum absolute atomic E-state index is 13.3. The van der Waals surface area contributed by atoms with Crippen molar-refractivity contribution in [2.24, 2.45) is 7.05 Å². The van der Waals surface area contributed by atoms with Gasteiger partial charge in [0.05, 0.1) is 29.7 Å². The number of hydrogen-bond acceptors (Lipinski definition) is 7. The zero-order chi connectivity index (χ0) is 28.6. The van der Waals surface area contributed by atoms with Crippen LogP contribution in [0.25, 0.3) is 11.4 Å². The molecular weight excluding hydrogens is 502 g/mol. The summed E-state index contributed by atoms with van der Waals surface area (Å²) in [7, 11) is 7.64. The quantitative estimate of drug-likeness (QED) is 0.215. The number of benzene rings is 2. The van der Waals surface area contributed by atoms with Gasteiger partial charge in [0.15, 0.2) is 0 Å². The number of nitrogens with one attached hydrogen (secondary N) is 3. The van der Waals surface area contributed by atoms with Gasteiger partial charge >= 0.3 is 0 Å². The molecule has 0 aliphatic rings. The lowest BCUT2D eigenvalue weighted by molar-refractivity contribution is 0.102. The van der Waals surface area contributed by atoms with Crippen LogP contribution >= 0.6 is 0 Å². The van der Waals surface area contributed by atoms with E-state index in [2.05, 4.69) is 51.8 Å². The van der Waals surface area contributed by atoms with Crippen LogP contribution in [0.5, 0.6) is 5.75 Å². The number of nitrogens with zero attached hydrogens (tertiary/aromatic N) is 4. The third kappa shape index (κ3) is 6.79. The second-order valence-electron chi connectivity index (χ2n) is 9.87. The van der Waals surface area contributed by atoms with Gasteiger partial charge in [0.25, 0.3) is 5.91 Å². The van der Waals surface area contributed by atoms with Crippen molar-refractivity contribution in [1.29, 1.82) is 0 Å². The van der Waals surface area contributed by atoms with Crippen LogP contribution in [0.15, 0.2) is 60.9 Å². The molecule has 0 spiro atoms. The molecule has 9 nitrogen and oxygen atoms in total. The third-order valence-corrected chi connectivity index (χ3v) is 6.76. The van der Waals surface area contributed by atoms with Crippen molar-refractivity contribution in [2.45, 2.75) is 26.7 Å². The van der Waals surface area contributed by atoms with Gasteiger partial charge in [-0.15, -0.1) is 0 Å². The number of methoxy groups -OCH3 is 1. The normalized spacial score (nSPS) is 11.0. The number of carbonyl (C=O) groups excluding carboxylic acids is 1. The summed E-state index contributed by atoms with van der Waals surface area (Å²) in [5.74, 6) is 0.968. The van der Waals surface area contributed by atoms with Gasteiger partial charge in [-0.3, -0.25) is 4.79 Å². The van der Waals surface area contributed by atoms with Gasteiger partial charge in [0.2, 0.25) is 5.95 Å². The highest BCUT2D eigenvalue weighted by Crippen LogP contribution is 2.31. The number of aryl methyl sites for hydroxylation is 3. The van der Waals surface area contributed by atoms with E-state index >= 15 is 0 Å². The van der Waals surface area contributed by atoms with Crippen molar-refractivity contribution < 1.29 is 9.53 Å². The molecule has 2 aromatic carbocycles. The molecule has 0 unspecified atom stereocenters. The maximum atomic E-state index is 13.3. The van der Waals surface area contributed by atoms with E-state index in [1.807, 2.05) is 68.3 Å². The van der Waals surface area contributed by atoms with E-state index in [-0.39, 0.29) is 5.91 Å².